The topological polar surface area (TPSA) is 489 Å². The number of benzene rings is 3. The molecule has 0 spiro atoms. The molecule has 3 aromatic carbocycles. The van der Waals surface area contributed by atoms with Crippen molar-refractivity contribution < 1.29 is 107 Å². The zero-order valence-corrected chi connectivity index (χ0v) is 66.1. The number of carbonyl (C=O) groups is 12. The van der Waals surface area contributed by atoms with Crippen LogP contribution in [0.3, 0.4) is 0 Å². The van der Waals surface area contributed by atoms with Crippen LogP contribution in [0.5, 0.6) is 17.2 Å². The first kappa shape index (κ1) is 90.2. The number of esters is 4. The van der Waals surface area contributed by atoms with E-state index >= 15 is 0 Å². The van der Waals surface area contributed by atoms with Crippen molar-refractivity contribution in [2.75, 3.05) is 7.05 Å². The van der Waals surface area contributed by atoms with Gasteiger partial charge in [-0.1, -0.05) is 146 Å². The number of hydrogen-bond acceptors (Lipinski definition) is 25. The van der Waals surface area contributed by atoms with E-state index in [2.05, 4.69) is 52.2 Å². The molecule has 3 aromatic heterocycles. The van der Waals surface area contributed by atoms with E-state index in [1.54, 1.807) is 65.8 Å². The maximum absolute atomic E-state index is 13.6. The van der Waals surface area contributed by atoms with Crippen molar-refractivity contribution in [3.8, 4) is 17.2 Å². The second-order valence-corrected chi connectivity index (χ2v) is 29.6. The van der Waals surface area contributed by atoms with Gasteiger partial charge in [-0.05, 0) is 112 Å². The van der Waals surface area contributed by atoms with Crippen molar-refractivity contribution in [1.29, 1.82) is 0 Å². The Balaban J connectivity index is 0.000000239. The Hall–Kier alpha value is -12.0. The number of amides is 8. The molecule has 6 aromatic rings. The monoisotopic (exact) mass is 1590 g/mol. The molecule has 3 aliphatic rings. The van der Waals surface area contributed by atoms with E-state index < -0.39 is 197 Å². The van der Waals surface area contributed by atoms with Crippen LogP contribution in [0.4, 0.5) is 0 Å². The minimum Gasteiger partial charge on any atom is -0.505 e. The van der Waals surface area contributed by atoms with E-state index in [4.69, 9.17) is 18.9 Å². The average molecular weight is 1590 g/mol. The molecule has 115 heavy (non-hydrogen) atoms. The predicted octanol–water partition coefficient (Wildman–Crippen LogP) is 2.86. The average Bonchev–Trinajstić information content (AvgIpc) is 0.825. The summed E-state index contributed by atoms with van der Waals surface area (Å²) in [6.45, 7) is 19.0. The molecule has 13 N–H and O–H groups in total. The number of rotatable bonds is 15. The third-order valence-corrected chi connectivity index (χ3v) is 19.8. The highest BCUT2D eigenvalue weighted by Gasteiger charge is 2.46. The van der Waals surface area contributed by atoms with Gasteiger partial charge in [-0.25, -0.2) is 29.3 Å². The Morgan fingerprint density at radius 3 is 1.06 bits per heavy atom. The van der Waals surface area contributed by atoms with Crippen molar-refractivity contribution in [1.82, 2.24) is 57.1 Å². The van der Waals surface area contributed by atoms with Gasteiger partial charge in [0.05, 0.1) is 54.2 Å². The fraction of sp³-hybridized carbons (Fsp3) is 0.451. The lowest BCUT2D eigenvalue weighted by atomic mass is 9.90. The van der Waals surface area contributed by atoms with Gasteiger partial charge in [0, 0.05) is 31.6 Å². The number of likely N-dealkylation sites (N-methyl/N-ethyl adjacent to an activating group) is 1. The molecule has 3 unspecified atom stereocenters. The Labute approximate surface area is 665 Å². The van der Waals surface area contributed by atoms with E-state index in [1.807, 2.05) is 66.7 Å². The highest BCUT2D eigenvalue weighted by atomic mass is 16.6. The first-order chi connectivity index (χ1) is 54.4. The van der Waals surface area contributed by atoms with Crippen LogP contribution in [-0.4, -0.2) is 220 Å². The molecule has 0 aliphatic carbocycles. The van der Waals surface area contributed by atoms with Crippen LogP contribution >= 0.6 is 0 Å². The zero-order valence-electron chi connectivity index (χ0n) is 66.1. The van der Waals surface area contributed by atoms with Gasteiger partial charge in [-0.15, -0.1) is 0 Å². The summed E-state index contributed by atoms with van der Waals surface area (Å²) in [7, 11) is 1.47. The lowest BCUT2D eigenvalue weighted by Crippen LogP contribution is -2.61. The summed E-state index contributed by atoms with van der Waals surface area (Å²) in [5.74, 6) is -14.6. The Kier molecular flexibility index (Phi) is 32.7. The summed E-state index contributed by atoms with van der Waals surface area (Å²) >= 11 is 0. The van der Waals surface area contributed by atoms with Crippen LogP contribution in [0.1, 0.15) is 131 Å². The molecule has 18 atom stereocenters. The molecule has 33 heteroatoms. The van der Waals surface area contributed by atoms with E-state index in [0.717, 1.165) is 16.7 Å². The molecule has 0 radical (unpaired) electrons. The first-order valence-corrected chi connectivity index (χ1v) is 37.7. The highest BCUT2D eigenvalue weighted by Crippen LogP contribution is 2.26. The minimum absolute atomic E-state index is 0.162. The van der Waals surface area contributed by atoms with E-state index in [0.29, 0.717) is 0 Å². The number of aromatic hydroxyl groups is 3. The summed E-state index contributed by atoms with van der Waals surface area (Å²) in [4.78, 5) is 171. The number of ether oxygens (including phenoxy) is 4. The summed E-state index contributed by atoms with van der Waals surface area (Å²) in [6, 6.07) is 26.3. The quantitative estimate of drug-likeness (QED) is 0.0519. The van der Waals surface area contributed by atoms with Gasteiger partial charge in [0.15, 0.2) is 17.1 Å². The lowest BCUT2D eigenvalue weighted by Gasteiger charge is -2.37. The minimum atomic E-state index is -1.43. The molecule has 0 bridgehead atoms. The van der Waals surface area contributed by atoms with Gasteiger partial charge in [0.2, 0.25) is 35.6 Å². The molecule has 6 heterocycles. The molecule has 3 fully saturated rings. The van der Waals surface area contributed by atoms with Gasteiger partial charge in [-0.2, -0.15) is 0 Å². The molecule has 3 aliphatic heterocycles. The van der Waals surface area contributed by atoms with Gasteiger partial charge in [0.25, 0.3) is 17.7 Å². The molecule has 33 nitrogen and oxygen atoms in total. The maximum atomic E-state index is 13.6. The van der Waals surface area contributed by atoms with Gasteiger partial charge < -0.3 is 91.7 Å². The summed E-state index contributed by atoms with van der Waals surface area (Å²) in [6.07, 6.45) is -4.44. The van der Waals surface area contributed by atoms with Crippen molar-refractivity contribution in [2.45, 2.75) is 193 Å². The lowest BCUT2D eigenvalue weighted by molar-refractivity contribution is -0.180. The van der Waals surface area contributed by atoms with Gasteiger partial charge in [0.1, 0.15) is 65.8 Å². The second-order valence-electron chi connectivity index (χ2n) is 29.6. The molecule has 8 amide bonds. The number of pyridine rings is 3. The third-order valence-electron chi connectivity index (χ3n) is 19.8. The number of cyclic esters (lactones) is 4. The number of hydrogen-bond donors (Lipinski definition) is 13. The number of aliphatic hydroxyl groups excluding tert-OH is 3. The third kappa shape index (κ3) is 24.3. The summed E-state index contributed by atoms with van der Waals surface area (Å²) in [5, 5.41) is 82.1. The van der Waals surface area contributed by atoms with Crippen molar-refractivity contribution in [2.24, 2.45) is 35.5 Å². The van der Waals surface area contributed by atoms with E-state index in [9.17, 15) is 88.2 Å². The Morgan fingerprint density at radius 2 is 0.730 bits per heavy atom. The van der Waals surface area contributed by atoms with E-state index in [1.165, 1.54) is 108 Å². The fourth-order valence-electron chi connectivity index (χ4n) is 13.0. The van der Waals surface area contributed by atoms with Crippen LogP contribution in [0.15, 0.2) is 146 Å². The van der Waals surface area contributed by atoms with E-state index in [-0.39, 0.29) is 53.9 Å². The molecule has 3 saturated heterocycles. The van der Waals surface area contributed by atoms with Crippen molar-refractivity contribution in [3.05, 3.63) is 180 Å². The molecular weight excluding hydrogens is 1490 g/mol. The number of nitrogens with zero attached hydrogens (tertiary/aromatic N) is 4. The Bertz CT molecular complexity index is 4190. The predicted molar refractivity (Wildman–Crippen MR) is 413 cm³/mol. The number of aromatic nitrogens is 3. The Morgan fingerprint density at radius 1 is 0.400 bits per heavy atom. The van der Waals surface area contributed by atoms with Crippen molar-refractivity contribution >= 4 is 71.1 Å². The SMILES string of the molecule is CC(C)C1C(=O)O[C@H](C)[C@H](NC(=O)c2ncccc2O)C(=O)N[C@@H](Cc2ccccc2)[C@@H](O)[C@@H](C)C(=O)N1C.CC(C)C1NC(=O)[C@H](C)[C@H](O)[C@H](Cc2ccccc2)NC(=O)[C@@H](NC(=O)c2ncccc2O)[C@@H](C)OC1=O.CC(C)C1OC(=O)[C@H](C)[C@H](O)[C@H](Cc2ccccc2)NC(=O)[C@@H](NC(=O)c2ncccc2O)[C@@H](C)OC1=O. The molecular formula is C82H103N11O22. The van der Waals surface area contributed by atoms with Gasteiger partial charge >= 0.3 is 23.9 Å². The van der Waals surface area contributed by atoms with Crippen molar-refractivity contribution in [3.63, 3.8) is 0 Å². The molecule has 0 saturated carbocycles. The summed E-state index contributed by atoms with van der Waals surface area (Å²) < 4.78 is 22.1. The van der Waals surface area contributed by atoms with Crippen LogP contribution in [0, 0.1) is 35.5 Å². The zero-order chi connectivity index (χ0) is 84.8. The molecule has 9 rings (SSSR count). The highest BCUT2D eigenvalue weighted by molar-refractivity contribution is 6.00. The van der Waals surface area contributed by atoms with Crippen LogP contribution in [0.2, 0.25) is 0 Å². The largest absolute Gasteiger partial charge is 0.505 e. The second kappa shape index (κ2) is 41.7. The number of carbonyl (C=O) groups excluding carboxylic acids is 12. The summed E-state index contributed by atoms with van der Waals surface area (Å²) in [5.41, 5.74) is 1.44. The first-order valence-electron chi connectivity index (χ1n) is 37.7. The fourth-order valence-corrected chi connectivity index (χ4v) is 13.0. The van der Waals surface area contributed by atoms with Crippen LogP contribution in [-0.2, 0) is 81.4 Å². The smallest absolute Gasteiger partial charge is 0.348 e. The maximum Gasteiger partial charge on any atom is 0.348 e. The standard InChI is InChI=1S/C28H36N4O7.C27H34N4O7.C27H33N3O8/c1-15(2)23-28(38)39-17(4)21(31-26(36)22-20(33)12-9-13-29-22)25(35)30-19(14-18-10-7-6-8-11-18)24(34)16(3)27(37)32(23)5;1-14(2)20-27(37)38-16(4)21(31-26(36)22-19(32)11-8-12-28-22)25(35)29-18(13-17-9-6-5-7-10-17)23(33)15(3)24(34)30-20;1-14(2)23-27(36)37-16(4)20(30-25(34)21-19(31)11-8-12-28-21)24(33)29-18(13-17-9-6-5-7-10-17)22(32)15(3)26(35)38-23/h6-13,15-17,19,21,23-24,33-34H,14H2,1-5H3,(H,30,35)(H,31,36);5-12,14-16,18,20-21,23,32-33H,13H2,1-4H3,(H,29,35)(H,30,34)(H,31,36);5-12,14-16,18,20,22-23,31-32H,13H2,1-4H3,(H,29,33)(H,30,34)/t16-,17-,19+,21+,23?,24+;15-,16-,18+,20?,21+,23+;15-,16-,18+,20+,22+,23?/m111/s1. The van der Waals surface area contributed by atoms with Crippen LogP contribution in [0.25, 0.3) is 0 Å². The number of aliphatic hydroxyl groups is 3. The number of nitrogens with one attached hydrogen (secondary N) is 7. The van der Waals surface area contributed by atoms with Gasteiger partial charge in [-0.3, -0.25) is 43.2 Å². The molecule has 618 valence electrons. The van der Waals surface area contributed by atoms with Crippen LogP contribution < -0.4 is 37.2 Å². The normalized spacial score (nSPS) is 26.8.